The monoisotopic (exact) mass is 359 g/mol. The van der Waals surface area contributed by atoms with E-state index in [1.165, 1.54) is 31.4 Å². The van der Waals surface area contributed by atoms with Crippen molar-refractivity contribution in [3.8, 4) is 0 Å². The summed E-state index contributed by atoms with van der Waals surface area (Å²) in [5, 5.41) is 0. The van der Waals surface area contributed by atoms with Gasteiger partial charge in [0.1, 0.15) is 0 Å². The van der Waals surface area contributed by atoms with E-state index in [2.05, 4.69) is 29.8 Å². The fourth-order valence-corrected chi connectivity index (χ4v) is 4.27. The molecule has 0 spiro atoms. The van der Waals surface area contributed by atoms with Crippen molar-refractivity contribution in [2.24, 2.45) is 11.8 Å². The van der Waals surface area contributed by atoms with Crippen LogP contribution in [0, 0.1) is 11.8 Å². The average Bonchev–Trinajstić information content (AvgIpc) is 2.67. The second-order valence-electron chi connectivity index (χ2n) is 8.19. The molecule has 144 valence electrons. The van der Waals surface area contributed by atoms with Crippen molar-refractivity contribution in [2.45, 2.75) is 58.5 Å². The molecule has 2 aliphatic rings. The Balaban J connectivity index is 1.52. The Kier molecular flexibility index (Phi) is 6.89. The van der Waals surface area contributed by atoms with Gasteiger partial charge in [0.15, 0.2) is 0 Å². The summed E-state index contributed by atoms with van der Waals surface area (Å²) in [6, 6.07) is 4.83. The molecule has 0 radical (unpaired) electrons. The van der Waals surface area contributed by atoms with Crippen LogP contribution in [0.5, 0.6) is 0 Å². The number of amides is 1. The topological polar surface area (TPSA) is 45.7 Å². The minimum Gasteiger partial charge on any atom is -0.449 e. The van der Waals surface area contributed by atoms with E-state index in [1.54, 1.807) is 0 Å². The number of carbonyl (C=O) groups is 1. The quantitative estimate of drug-likeness (QED) is 0.799. The molecule has 1 amide bonds. The number of hydrogen-bond donors (Lipinski definition) is 0. The molecule has 5 nitrogen and oxygen atoms in total. The summed E-state index contributed by atoms with van der Waals surface area (Å²) in [5.41, 5.74) is 1.30. The van der Waals surface area contributed by atoms with Gasteiger partial charge in [-0.15, -0.1) is 0 Å². The number of ether oxygens (including phenoxy) is 1. The normalized spacial score (nSPS) is 22.6. The van der Waals surface area contributed by atoms with Crippen molar-refractivity contribution in [1.29, 1.82) is 0 Å². The van der Waals surface area contributed by atoms with E-state index in [0.717, 1.165) is 32.5 Å². The molecule has 2 saturated heterocycles. The summed E-state index contributed by atoms with van der Waals surface area (Å²) in [6.45, 7) is 8.49. The molecule has 5 heteroatoms. The van der Waals surface area contributed by atoms with Crippen LogP contribution in [-0.2, 0) is 11.3 Å². The maximum absolute atomic E-state index is 12.2. The molecule has 1 atom stereocenters. The highest BCUT2D eigenvalue weighted by atomic mass is 16.6. The van der Waals surface area contributed by atoms with E-state index in [4.69, 9.17) is 4.74 Å². The molecule has 3 heterocycles. The zero-order valence-corrected chi connectivity index (χ0v) is 16.3. The van der Waals surface area contributed by atoms with Crippen molar-refractivity contribution >= 4 is 6.09 Å². The number of nitrogens with zero attached hydrogens (tertiary/aromatic N) is 3. The molecular weight excluding hydrogens is 326 g/mol. The molecule has 0 saturated carbocycles. The van der Waals surface area contributed by atoms with Gasteiger partial charge in [-0.3, -0.25) is 9.88 Å². The summed E-state index contributed by atoms with van der Waals surface area (Å²) in [5.74, 6) is 1.07. The number of carbonyl (C=O) groups excluding carboxylic acids is 1. The van der Waals surface area contributed by atoms with E-state index in [0.29, 0.717) is 24.5 Å². The number of likely N-dealkylation sites (tertiary alicyclic amines) is 2. The van der Waals surface area contributed by atoms with E-state index in [1.807, 2.05) is 23.4 Å². The molecule has 2 fully saturated rings. The smallest absolute Gasteiger partial charge is 0.409 e. The molecule has 26 heavy (non-hydrogen) atoms. The molecule has 3 rings (SSSR count). The minimum absolute atomic E-state index is 0.131. The van der Waals surface area contributed by atoms with Gasteiger partial charge in [-0.2, -0.15) is 0 Å². The van der Waals surface area contributed by atoms with E-state index >= 15 is 0 Å². The van der Waals surface area contributed by atoms with Crippen LogP contribution in [0.15, 0.2) is 24.5 Å². The van der Waals surface area contributed by atoms with Crippen LogP contribution in [0.1, 0.15) is 51.5 Å². The van der Waals surface area contributed by atoms with E-state index in [-0.39, 0.29) is 6.09 Å². The second kappa shape index (κ2) is 9.36. The number of aromatic nitrogens is 1. The largest absolute Gasteiger partial charge is 0.449 e. The Bertz CT molecular complexity index is 556. The van der Waals surface area contributed by atoms with Crippen molar-refractivity contribution in [3.05, 3.63) is 30.1 Å². The molecule has 0 N–H and O–H groups in total. The van der Waals surface area contributed by atoms with Gasteiger partial charge in [-0.05, 0) is 55.7 Å². The lowest BCUT2D eigenvalue weighted by molar-refractivity contribution is 0.0434. The summed E-state index contributed by atoms with van der Waals surface area (Å²) in [7, 11) is 0. The Morgan fingerprint density at radius 1 is 1.23 bits per heavy atom. The van der Waals surface area contributed by atoms with Crippen molar-refractivity contribution in [2.75, 3.05) is 26.2 Å². The summed E-state index contributed by atoms with van der Waals surface area (Å²) in [4.78, 5) is 21.0. The van der Waals surface area contributed by atoms with E-state index < -0.39 is 0 Å². The van der Waals surface area contributed by atoms with Crippen LogP contribution in [-0.4, -0.2) is 53.2 Å². The van der Waals surface area contributed by atoms with Crippen molar-refractivity contribution in [1.82, 2.24) is 14.8 Å². The lowest BCUT2D eigenvalue weighted by atomic mass is 9.83. The lowest BCUT2D eigenvalue weighted by Gasteiger charge is -2.43. The average molecular weight is 360 g/mol. The Morgan fingerprint density at radius 2 is 2.04 bits per heavy atom. The molecule has 0 aliphatic carbocycles. The summed E-state index contributed by atoms with van der Waals surface area (Å²) in [6.07, 6.45) is 9.76. The Morgan fingerprint density at radius 3 is 2.73 bits per heavy atom. The highest BCUT2D eigenvalue weighted by molar-refractivity contribution is 5.67. The minimum atomic E-state index is -0.131. The molecule has 1 aromatic rings. The van der Waals surface area contributed by atoms with Gasteiger partial charge < -0.3 is 9.64 Å². The fraction of sp³-hybridized carbons (Fsp3) is 0.714. The first-order chi connectivity index (χ1) is 12.6. The van der Waals surface area contributed by atoms with Gasteiger partial charge in [0.25, 0.3) is 0 Å². The first-order valence-electron chi connectivity index (χ1n) is 10.2. The second-order valence-corrected chi connectivity index (χ2v) is 8.19. The zero-order valence-electron chi connectivity index (χ0n) is 16.3. The third kappa shape index (κ3) is 5.19. The first-order valence-corrected chi connectivity index (χ1v) is 10.2. The van der Waals surface area contributed by atoms with Crippen LogP contribution in [0.3, 0.4) is 0 Å². The first kappa shape index (κ1) is 19.2. The van der Waals surface area contributed by atoms with E-state index in [9.17, 15) is 4.79 Å². The number of hydrogen-bond acceptors (Lipinski definition) is 4. The van der Waals surface area contributed by atoms with Crippen molar-refractivity contribution < 1.29 is 9.53 Å². The zero-order chi connectivity index (χ0) is 18.4. The predicted molar refractivity (Wildman–Crippen MR) is 103 cm³/mol. The Hall–Kier alpha value is -1.62. The standard InChI is InChI=1S/C21H33N3O2/c1-17(2)16-26-21(25)23-12-8-19(9-13-23)20-7-3-4-11-24(20)15-18-6-5-10-22-14-18/h5-6,10,14,17,19-20H,3-4,7-9,11-13,15-16H2,1-2H3. The Labute approximate surface area is 157 Å². The van der Waals surface area contributed by atoms with Gasteiger partial charge in [-0.1, -0.05) is 26.3 Å². The summed E-state index contributed by atoms with van der Waals surface area (Å²) < 4.78 is 5.39. The van der Waals surface area contributed by atoms with Gasteiger partial charge in [0.05, 0.1) is 6.61 Å². The SMILES string of the molecule is CC(C)COC(=O)N1CCC(C2CCCCN2Cc2cccnc2)CC1. The van der Waals surface area contributed by atoms with Gasteiger partial charge >= 0.3 is 6.09 Å². The molecular formula is C21H33N3O2. The van der Waals surface area contributed by atoms with Crippen LogP contribution in [0.2, 0.25) is 0 Å². The molecule has 0 aromatic carbocycles. The maximum Gasteiger partial charge on any atom is 0.409 e. The third-order valence-electron chi connectivity index (χ3n) is 5.65. The lowest BCUT2D eigenvalue weighted by Crippen LogP contribution is -2.48. The van der Waals surface area contributed by atoms with Crippen LogP contribution >= 0.6 is 0 Å². The van der Waals surface area contributed by atoms with Crippen LogP contribution in [0.4, 0.5) is 4.79 Å². The molecule has 1 unspecified atom stereocenters. The number of piperidine rings is 2. The molecule has 1 aromatic heterocycles. The molecule has 0 bridgehead atoms. The fourth-order valence-electron chi connectivity index (χ4n) is 4.27. The number of rotatable bonds is 5. The van der Waals surface area contributed by atoms with Gasteiger partial charge in [0, 0.05) is 38.1 Å². The highest BCUT2D eigenvalue weighted by Gasteiger charge is 2.33. The third-order valence-corrected chi connectivity index (χ3v) is 5.65. The summed E-state index contributed by atoms with van der Waals surface area (Å²) >= 11 is 0. The molecule has 2 aliphatic heterocycles. The van der Waals surface area contributed by atoms with Crippen molar-refractivity contribution in [3.63, 3.8) is 0 Å². The predicted octanol–water partition coefficient (Wildman–Crippen LogP) is 3.94. The maximum atomic E-state index is 12.2. The van der Waals surface area contributed by atoms with Gasteiger partial charge in [0.2, 0.25) is 0 Å². The van der Waals surface area contributed by atoms with Gasteiger partial charge in [-0.25, -0.2) is 4.79 Å². The van der Waals surface area contributed by atoms with Crippen LogP contribution < -0.4 is 0 Å². The highest BCUT2D eigenvalue weighted by Crippen LogP contribution is 2.31. The number of pyridine rings is 1. The van der Waals surface area contributed by atoms with Crippen LogP contribution in [0.25, 0.3) is 0 Å².